The van der Waals surface area contributed by atoms with Gasteiger partial charge in [0, 0.05) is 29.9 Å². The van der Waals surface area contributed by atoms with Crippen molar-refractivity contribution in [2.75, 3.05) is 6.54 Å². The van der Waals surface area contributed by atoms with E-state index in [1.165, 1.54) is 23.3 Å². The van der Waals surface area contributed by atoms with Crippen molar-refractivity contribution in [1.82, 2.24) is 14.3 Å². The van der Waals surface area contributed by atoms with Crippen LogP contribution in [-0.4, -0.2) is 35.6 Å². The Morgan fingerprint density at radius 3 is 2.22 bits per heavy atom. The predicted molar refractivity (Wildman–Crippen MR) is 194 cm³/mol. The fourth-order valence-electron chi connectivity index (χ4n) is 6.39. The molecule has 7 rings (SSSR count). The number of hydrogen-bond donors (Lipinski definition) is 2. The molecule has 1 aliphatic rings. The van der Waals surface area contributed by atoms with E-state index in [2.05, 4.69) is 70.8 Å². The molecule has 248 valence electrons. The summed E-state index contributed by atoms with van der Waals surface area (Å²) in [7, 11) is -3.77. The minimum atomic E-state index is -3.77. The first kappa shape index (κ1) is 32.8. The van der Waals surface area contributed by atoms with Crippen molar-refractivity contribution in [3.05, 3.63) is 154 Å². The molecule has 0 radical (unpaired) electrons. The van der Waals surface area contributed by atoms with Crippen LogP contribution in [0.1, 0.15) is 69.5 Å². The Morgan fingerprint density at radius 1 is 0.878 bits per heavy atom. The molecule has 2 N–H and O–H groups in total. The minimum Gasteiger partial charge on any atom is -0.478 e. The number of aromatic nitrogens is 2. The Bertz CT molecular complexity index is 2200. The summed E-state index contributed by atoms with van der Waals surface area (Å²) < 4.78 is 31.7. The molecule has 0 saturated heterocycles. The molecule has 0 aliphatic heterocycles. The van der Waals surface area contributed by atoms with E-state index < -0.39 is 16.0 Å². The van der Waals surface area contributed by atoms with Gasteiger partial charge in [0.15, 0.2) is 0 Å². The summed E-state index contributed by atoms with van der Waals surface area (Å²) in [6, 6.07) is 36.3. The highest BCUT2D eigenvalue weighted by molar-refractivity contribution is 7.89. The molecule has 0 spiro atoms. The number of carboxylic acid groups (broad SMARTS) is 1. The van der Waals surface area contributed by atoms with E-state index in [9.17, 15) is 18.3 Å². The lowest BCUT2D eigenvalue weighted by Gasteiger charge is -2.20. The third kappa shape index (κ3) is 7.17. The zero-order chi connectivity index (χ0) is 34.1. The van der Waals surface area contributed by atoms with Crippen molar-refractivity contribution in [2.45, 2.75) is 49.5 Å². The maximum atomic E-state index is 13.3. The lowest BCUT2D eigenvalue weighted by atomic mass is 9.85. The van der Waals surface area contributed by atoms with Crippen LogP contribution in [0.4, 0.5) is 0 Å². The summed E-state index contributed by atoms with van der Waals surface area (Å²) in [4.78, 5) is 16.4. The summed E-state index contributed by atoms with van der Waals surface area (Å²) in [6.07, 6.45) is 2.80. The summed E-state index contributed by atoms with van der Waals surface area (Å²) in [5.41, 5.74) is 8.30. The first-order valence-corrected chi connectivity index (χ1v) is 18.3. The van der Waals surface area contributed by atoms with Crippen LogP contribution in [-0.2, 0) is 16.6 Å². The van der Waals surface area contributed by atoms with Crippen molar-refractivity contribution in [2.24, 2.45) is 0 Å². The number of rotatable bonds is 12. The number of fused-ring (bicyclic) bond motifs is 1. The average molecular weight is 690 g/mol. The van der Waals surface area contributed by atoms with E-state index in [1.54, 1.807) is 30.3 Å². The number of imidazole rings is 1. The van der Waals surface area contributed by atoms with Crippen LogP contribution < -0.4 is 4.72 Å². The van der Waals surface area contributed by atoms with Crippen LogP contribution in [0.2, 0.25) is 5.02 Å². The zero-order valence-corrected chi connectivity index (χ0v) is 28.6. The first-order valence-electron chi connectivity index (χ1n) is 16.4. The molecular weight excluding hydrogens is 654 g/mol. The van der Waals surface area contributed by atoms with Crippen LogP contribution in [0.25, 0.3) is 22.2 Å². The molecule has 1 atom stereocenters. The van der Waals surface area contributed by atoms with E-state index in [4.69, 9.17) is 16.6 Å². The summed E-state index contributed by atoms with van der Waals surface area (Å²) in [5.74, 6) is 0.483. The quantitative estimate of drug-likeness (QED) is 0.0988. The largest absolute Gasteiger partial charge is 0.478 e. The Balaban J connectivity index is 1.12. The monoisotopic (exact) mass is 689 g/mol. The highest BCUT2D eigenvalue weighted by atomic mass is 35.5. The molecule has 1 saturated carbocycles. The number of halogens is 1. The molecule has 0 bridgehead atoms. The van der Waals surface area contributed by atoms with Gasteiger partial charge in [0.25, 0.3) is 0 Å². The third-order valence-electron chi connectivity index (χ3n) is 9.15. The predicted octanol–water partition coefficient (Wildman–Crippen LogP) is 8.79. The fourth-order valence-corrected chi connectivity index (χ4v) is 7.64. The molecule has 5 aromatic carbocycles. The SMILES string of the molecule is Cc1ccc(C(c2ccc(Cl)cc2)c2ccc3nc(C4CC4)n(CCCNS(=O)(=O)c4cccc(-c5ccc(C(=O)O)cc5)c4)c3c2)cc1. The maximum Gasteiger partial charge on any atom is 0.335 e. The van der Waals surface area contributed by atoms with E-state index >= 15 is 0 Å². The molecule has 1 fully saturated rings. The number of nitrogens with zero attached hydrogens (tertiary/aromatic N) is 2. The second-order valence-corrected chi connectivity index (χ2v) is 14.9. The van der Waals surface area contributed by atoms with Crippen molar-refractivity contribution >= 4 is 38.6 Å². The summed E-state index contributed by atoms with van der Waals surface area (Å²) in [6.45, 7) is 2.98. The van der Waals surface area contributed by atoms with Crippen molar-refractivity contribution in [3.8, 4) is 11.1 Å². The molecule has 49 heavy (non-hydrogen) atoms. The number of carbonyl (C=O) groups is 1. The highest BCUT2D eigenvalue weighted by Crippen LogP contribution is 2.42. The van der Waals surface area contributed by atoms with Gasteiger partial charge in [-0.25, -0.2) is 22.9 Å². The van der Waals surface area contributed by atoms with Crippen molar-refractivity contribution < 1.29 is 18.3 Å². The molecular formula is C40H36ClN3O4S. The molecule has 0 amide bonds. The van der Waals surface area contributed by atoms with Crippen LogP contribution in [0.5, 0.6) is 0 Å². The van der Waals surface area contributed by atoms with Gasteiger partial charge in [-0.1, -0.05) is 83.9 Å². The lowest BCUT2D eigenvalue weighted by molar-refractivity contribution is 0.0697. The van der Waals surface area contributed by atoms with E-state index in [0.717, 1.165) is 46.4 Å². The van der Waals surface area contributed by atoms with Gasteiger partial charge >= 0.3 is 5.97 Å². The number of hydrogen-bond acceptors (Lipinski definition) is 4. The Labute approximate surface area is 291 Å². The summed E-state index contributed by atoms with van der Waals surface area (Å²) >= 11 is 6.26. The molecule has 1 unspecified atom stereocenters. The van der Waals surface area contributed by atoms with Gasteiger partial charge in [0.05, 0.1) is 21.5 Å². The van der Waals surface area contributed by atoms with Gasteiger partial charge in [0.2, 0.25) is 10.0 Å². The topological polar surface area (TPSA) is 101 Å². The smallest absolute Gasteiger partial charge is 0.335 e. The Hall–Kier alpha value is -4.76. The van der Waals surface area contributed by atoms with Crippen molar-refractivity contribution in [1.29, 1.82) is 0 Å². The standard InChI is InChI=1S/C40H36ClN3O4S/c1-26-6-8-28(9-7-26)38(29-16-19-34(41)20-17-29)33-18-21-36-37(25-33)44(39(43-36)30-12-13-30)23-3-22-42-49(47,48)35-5-2-4-32(24-35)27-10-14-31(15-11-27)40(45)46/h2,4-11,14-21,24-25,30,38,42H,3,12-13,22-23H2,1H3,(H,45,46). The number of sulfonamides is 1. The minimum absolute atomic E-state index is 0.00710. The normalized spacial score (nSPS) is 13.8. The molecule has 1 aromatic heterocycles. The van der Waals surface area contributed by atoms with Gasteiger partial charge in [0.1, 0.15) is 5.82 Å². The molecule has 6 aromatic rings. The van der Waals surface area contributed by atoms with Gasteiger partial charge in [-0.3, -0.25) is 0 Å². The number of aryl methyl sites for hydroxylation is 2. The molecule has 9 heteroatoms. The molecule has 1 aliphatic carbocycles. The van der Waals surface area contributed by atoms with E-state index in [-0.39, 0.29) is 22.9 Å². The Morgan fingerprint density at radius 2 is 1.55 bits per heavy atom. The third-order valence-corrected chi connectivity index (χ3v) is 10.9. The highest BCUT2D eigenvalue weighted by Gasteiger charge is 2.30. The van der Waals surface area contributed by atoms with Crippen LogP contribution in [0.3, 0.4) is 0 Å². The van der Waals surface area contributed by atoms with E-state index in [0.29, 0.717) is 29.5 Å². The van der Waals surface area contributed by atoms with Crippen LogP contribution in [0, 0.1) is 6.92 Å². The number of benzene rings is 5. The first-order chi connectivity index (χ1) is 23.7. The van der Waals surface area contributed by atoms with Gasteiger partial charge in [-0.2, -0.15) is 0 Å². The van der Waals surface area contributed by atoms with Crippen LogP contribution >= 0.6 is 11.6 Å². The molecule has 1 heterocycles. The van der Waals surface area contributed by atoms with Gasteiger partial charge in [-0.15, -0.1) is 0 Å². The number of carboxylic acids is 1. The van der Waals surface area contributed by atoms with Gasteiger partial charge in [-0.05, 0) is 103 Å². The Kier molecular flexibility index (Phi) is 9.11. The number of aromatic carboxylic acids is 1. The van der Waals surface area contributed by atoms with Crippen LogP contribution in [0.15, 0.2) is 120 Å². The van der Waals surface area contributed by atoms with E-state index in [1.807, 2.05) is 18.2 Å². The number of nitrogens with one attached hydrogen (secondary N) is 1. The second-order valence-electron chi connectivity index (χ2n) is 12.7. The molecule has 7 nitrogen and oxygen atoms in total. The fraction of sp³-hybridized carbons (Fsp3) is 0.200. The zero-order valence-electron chi connectivity index (χ0n) is 27.0. The lowest BCUT2D eigenvalue weighted by Crippen LogP contribution is -2.25. The van der Waals surface area contributed by atoms with Crippen molar-refractivity contribution in [3.63, 3.8) is 0 Å². The maximum absolute atomic E-state index is 13.3. The van der Waals surface area contributed by atoms with Gasteiger partial charge < -0.3 is 9.67 Å². The summed E-state index contributed by atoms with van der Waals surface area (Å²) in [5, 5.41) is 9.90. The second kappa shape index (κ2) is 13.6. The average Bonchev–Trinajstić information content (AvgIpc) is 3.90.